The number of hydrogen-bond acceptors (Lipinski definition) is 3. The Hall–Kier alpha value is -2.68. The quantitative estimate of drug-likeness (QED) is 0.345. The third kappa shape index (κ3) is 3.54. The predicted molar refractivity (Wildman–Crippen MR) is 99.5 cm³/mol. The molecule has 0 aliphatic heterocycles. The molecule has 0 radical (unpaired) electrons. The van der Waals surface area contributed by atoms with Crippen molar-refractivity contribution in [3.8, 4) is 11.3 Å². The number of aromatic nitrogens is 2. The van der Waals surface area contributed by atoms with Gasteiger partial charge in [0.15, 0.2) is 28.4 Å². The van der Waals surface area contributed by atoms with E-state index >= 15 is 0 Å². The van der Waals surface area contributed by atoms with Crippen molar-refractivity contribution in [2.45, 2.75) is 33.7 Å². The Balaban J connectivity index is 1.86. The van der Waals surface area contributed by atoms with E-state index in [1.54, 1.807) is 5.38 Å². The highest BCUT2D eigenvalue weighted by Crippen LogP contribution is 2.30. The molecule has 2 aromatic heterocycles. The number of carbonyl (C=O) groups is 1. The summed E-state index contributed by atoms with van der Waals surface area (Å²) in [5.41, 5.74) is 2.68. The third-order valence-electron chi connectivity index (χ3n) is 4.37. The molecule has 0 aliphatic carbocycles. The zero-order chi connectivity index (χ0) is 20.6. The van der Waals surface area contributed by atoms with E-state index in [1.807, 2.05) is 19.9 Å². The van der Waals surface area contributed by atoms with Crippen LogP contribution in [0.1, 0.15) is 35.1 Å². The maximum absolute atomic E-state index is 13.8. The van der Waals surface area contributed by atoms with Crippen molar-refractivity contribution in [2.75, 3.05) is 5.32 Å². The predicted octanol–water partition coefficient (Wildman–Crippen LogP) is 5.45. The van der Waals surface area contributed by atoms with Gasteiger partial charge in [-0.2, -0.15) is 0 Å². The number of aryl methyl sites for hydroxylation is 1. The summed E-state index contributed by atoms with van der Waals surface area (Å²) in [6.07, 6.45) is 0.977. The number of hydrogen-bond donors (Lipinski definition) is 1. The topological polar surface area (TPSA) is 46.9 Å². The van der Waals surface area contributed by atoms with Crippen molar-refractivity contribution in [2.24, 2.45) is 0 Å². The van der Waals surface area contributed by atoms with Crippen LogP contribution in [0.3, 0.4) is 0 Å². The van der Waals surface area contributed by atoms with Gasteiger partial charge in [0, 0.05) is 28.9 Å². The second kappa shape index (κ2) is 7.75. The minimum atomic E-state index is -2.03. The molecule has 1 amide bonds. The monoisotopic (exact) mass is 411 g/mol. The van der Waals surface area contributed by atoms with Crippen LogP contribution in [0.4, 0.5) is 22.7 Å². The first-order valence-electron chi connectivity index (χ1n) is 8.51. The number of nitrogens with one attached hydrogen (secondary N) is 1. The largest absolute Gasteiger partial charge is 0.348 e. The van der Waals surface area contributed by atoms with E-state index in [9.17, 15) is 22.4 Å². The highest BCUT2D eigenvalue weighted by Gasteiger charge is 2.24. The third-order valence-corrected chi connectivity index (χ3v) is 5.13. The van der Waals surface area contributed by atoms with Crippen LogP contribution in [-0.2, 0) is 6.54 Å². The van der Waals surface area contributed by atoms with Crippen LogP contribution in [0.25, 0.3) is 11.3 Å². The Labute approximate surface area is 162 Å². The summed E-state index contributed by atoms with van der Waals surface area (Å²) in [7, 11) is 0. The van der Waals surface area contributed by atoms with Gasteiger partial charge in [0.05, 0.1) is 11.3 Å². The lowest BCUT2D eigenvalue weighted by Gasteiger charge is -2.07. The zero-order valence-corrected chi connectivity index (χ0v) is 16.2. The highest BCUT2D eigenvalue weighted by atomic mass is 32.1. The minimum absolute atomic E-state index is 0.129. The van der Waals surface area contributed by atoms with E-state index in [4.69, 9.17) is 0 Å². The number of thiazole rings is 1. The van der Waals surface area contributed by atoms with Crippen LogP contribution in [0.2, 0.25) is 0 Å². The molecule has 0 fully saturated rings. The smallest absolute Gasteiger partial charge is 0.260 e. The van der Waals surface area contributed by atoms with Crippen LogP contribution < -0.4 is 5.32 Å². The highest BCUT2D eigenvalue weighted by molar-refractivity contribution is 7.14. The molecule has 0 atom stereocenters. The summed E-state index contributed by atoms with van der Waals surface area (Å²) in [6, 6.07) is 2.30. The number of anilines is 1. The minimum Gasteiger partial charge on any atom is -0.348 e. The molecular formula is C19H17F4N3OS. The number of amides is 1. The fraction of sp³-hybridized carbons (Fsp3) is 0.263. The van der Waals surface area contributed by atoms with Crippen molar-refractivity contribution in [3.05, 3.63) is 57.7 Å². The van der Waals surface area contributed by atoms with E-state index in [0.717, 1.165) is 41.3 Å². The first-order chi connectivity index (χ1) is 13.2. The Morgan fingerprint density at radius 1 is 1.14 bits per heavy atom. The van der Waals surface area contributed by atoms with Gasteiger partial charge >= 0.3 is 0 Å². The van der Waals surface area contributed by atoms with Crippen LogP contribution in [0, 0.1) is 37.1 Å². The van der Waals surface area contributed by atoms with E-state index in [2.05, 4.69) is 21.8 Å². The van der Waals surface area contributed by atoms with Gasteiger partial charge in [-0.25, -0.2) is 22.5 Å². The lowest BCUT2D eigenvalue weighted by molar-refractivity contribution is 0.102. The summed E-state index contributed by atoms with van der Waals surface area (Å²) in [5, 5.41) is 4.14. The average molecular weight is 411 g/mol. The number of carbonyl (C=O) groups excluding carboxylic acids is 1. The van der Waals surface area contributed by atoms with Crippen molar-refractivity contribution >= 4 is 22.4 Å². The number of benzene rings is 1. The fourth-order valence-electron chi connectivity index (χ4n) is 2.99. The van der Waals surface area contributed by atoms with Crippen LogP contribution in [0.5, 0.6) is 0 Å². The van der Waals surface area contributed by atoms with Crippen molar-refractivity contribution in [1.29, 1.82) is 0 Å². The van der Waals surface area contributed by atoms with E-state index < -0.39 is 34.7 Å². The Kier molecular flexibility index (Phi) is 5.55. The molecule has 1 aromatic carbocycles. The molecule has 0 bridgehead atoms. The molecule has 1 N–H and O–H groups in total. The fourth-order valence-corrected chi connectivity index (χ4v) is 3.69. The first kappa shape index (κ1) is 20.1. The number of rotatable bonds is 5. The van der Waals surface area contributed by atoms with Gasteiger partial charge in [-0.3, -0.25) is 10.1 Å². The molecule has 148 valence electrons. The summed E-state index contributed by atoms with van der Waals surface area (Å²) >= 11 is 1.09. The van der Waals surface area contributed by atoms with Gasteiger partial charge in [0.1, 0.15) is 0 Å². The van der Waals surface area contributed by atoms with Gasteiger partial charge < -0.3 is 4.57 Å². The van der Waals surface area contributed by atoms with Crippen LogP contribution >= 0.6 is 11.3 Å². The second-order valence-electron chi connectivity index (χ2n) is 6.28. The maximum Gasteiger partial charge on any atom is 0.260 e. The Morgan fingerprint density at radius 2 is 1.86 bits per heavy atom. The summed E-state index contributed by atoms with van der Waals surface area (Å²) < 4.78 is 55.6. The van der Waals surface area contributed by atoms with E-state index in [0.29, 0.717) is 11.8 Å². The van der Waals surface area contributed by atoms with Crippen molar-refractivity contribution in [3.63, 3.8) is 0 Å². The van der Waals surface area contributed by atoms with Crippen molar-refractivity contribution in [1.82, 2.24) is 9.55 Å². The summed E-state index contributed by atoms with van der Waals surface area (Å²) in [5.74, 6) is -8.52. The van der Waals surface area contributed by atoms with Gasteiger partial charge in [0.25, 0.3) is 5.91 Å². The van der Waals surface area contributed by atoms with Gasteiger partial charge in [0.2, 0.25) is 0 Å². The lowest BCUT2D eigenvalue weighted by Crippen LogP contribution is -2.16. The van der Waals surface area contributed by atoms with Crippen LogP contribution in [-0.4, -0.2) is 15.5 Å². The molecule has 0 saturated heterocycles. The van der Waals surface area contributed by atoms with E-state index in [1.165, 1.54) is 0 Å². The normalized spacial score (nSPS) is 11.1. The summed E-state index contributed by atoms with van der Waals surface area (Å²) in [6.45, 7) is 6.90. The van der Waals surface area contributed by atoms with Gasteiger partial charge in [-0.05, 0) is 32.4 Å². The lowest BCUT2D eigenvalue weighted by atomic mass is 10.1. The Morgan fingerprint density at radius 3 is 2.54 bits per heavy atom. The molecular weight excluding hydrogens is 394 g/mol. The molecule has 28 heavy (non-hydrogen) atoms. The first-order valence-corrected chi connectivity index (χ1v) is 9.39. The van der Waals surface area contributed by atoms with Gasteiger partial charge in [-0.1, -0.05) is 6.92 Å². The second-order valence-corrected chi connectivity index (χ2v) is 7.13. The van der Waals surface area contributed by atoms with Crippen molar-refractivity contribution < 1.29 is 22.4 Å². The molecule has 0 saturated carbocycles. The molecule has 2 heterocycles. The molecule has 0 spiro atoms. The molecule has 3 rings (SSSR count). The van der Waals surface area contributed by atoms with Crippen LogP contribution in [0.15, 0.2) is 17.5 Å². The Bertz CT molecular complexity index is 1060. The van der Waals surface area contributed by atoms with E-state index in [-0.39, 0.29) is 5.13 Å². The standard InChI is InChI=1S/C19H17F4N3OS/c1-4-5-26-9(2)6-11(10(26)3)14-8-28-19(24-14)25-18(27)12-7-13(20)16(22)17(23)15(12)21/h6-8H,4-5H2,1-3H3,(H,24,25,27). The summed E-state index contributed by atoms with van der Waals surface area (Å²) in [4.78, 5) is 16.5. The molecule has 0 aliphatic rings. The average Bonchev–Trinajstić information content (AvgIpc) is 3.22. The zero-order valence-electron chi connectivity index (χ0n) is 15.4. The maximum atomic E-state index is 13.8. The molecule has 4 nitrogen and oxygen atoms in total. The number of halogens is 4. The number of nitrogens with zero attached hydrogens (tertiary/aromatic N) is 2. The molecule has 3 aromatic rings. The molecule has 9 heteroatoms. The SMILES string of the molecule is CCCn1c(C)cc(-c2csc(NC(=O)c3cc(F)c(F)c(F)c3F)n2)c1C. The molecule has 0 unspecified atom stereocenters. The van der Waals surface area contributed by atoms with Gasteiger partial charge in [-0.15, -0.1) is 11.3 Å².